The first-order valence-electron chi connectivity index (χ1n) is 3.89. The molecule has 0 aromatic heterocycles. The first-order chi connectivity index (χ1) is 5.89. The van der Waals surface area contributed by atoms with Crippen LogP contribution in [0.5, 0.6) is 0 Å². The summed E-state index contributed by atoms with van der Waals surface area (Å²) in [5.74, 6) is -2.87. The molecule has 0 aromatic carbocycles. The van der Waals surface area contributed by atoms with Gasteiger partial charge in [0.05, 0.1) is 12.1 Å². The van der Waals surface area contributed by atoms with Gasteiger partial charge in [-0.2, -0.15) is 0 Å². The second kappa shape index (κ2) is 3.10. The number of rotatable bonds is 2. The molecule has 0 saturated heterocycles. The number of hydrogen-bond donors (Lipinski definition) is 3. The van der Waals surface area contributed by atoms with Crippen molar-refractivity contribution in [3.05, 3.63) is 0 Å². The SMILES string of the molecule is O=C(O)NC1(CO)CCC(F)(F)C1. The molecule has 1 amide bonds. The maximum atomic E-state index is 12.7. The Morgan fingerprint density at radius 3 is 2.38 bits per heavy atom. The predicted octanol–water partition coefficient (Wildman–Crippen LogP) is 0.804. The second-order valence-electron chi connectivity index (χ2n) is 3.40. The average molecular weight is 195 g/mol. The van der Waals surface area contributed by atoms with E-state index in [0.29, 0.717) is 0 Å². The van der Waals surface area contributed by atoms with Gasteiger partial charge in [-0.05, 0) is 6.42 Å². The smallest absolute Gasteiger partial charge is 0.405 e. The molecular weight excluding hydrogens is 184 g/mol. The summed E-state index contributed by atoms with van der Waals surface area (Å²) >= 11 is 0. The largest absolute Gasteiger partial charge is 0.465 e. The van der Waals surface area contributed by atoms with Gasteiger partial charge in [-0.1, -0.05) is 0 Å². The highest BCUT2D eigenvalue weighted by atomic mass is 19.3. The quantitative estimate of drug-likeness (QED) is 0.610. The summed E-state index contributed by atoms with van der Waals surface area (Å²) < 4.78 is 25.5. The van der Waals surface area contributed by atoms with Gasteiger partial charge in [0.2, 0.25) is 0 Å². The van der Waals surface area contributed by atoms with Crippen LogP contribution in [-0.2, 0) is 0 Å². The van der Waals surface area contributed by atoms with Gasteiger partial charge in [0.25, 0.3) is 5.92 Å². The van der Waals surface area contributed by atoms with E-state index in [2.05, 4.69) is 0 Å². The van der Waals surface area contributed by atoms with E-state index in [1.807, 2.05) is 5.32 Å². The molecule has 6 heteroatoms. The molecule has 0 spiro atoms. The number of amides is 1. The summed E-state index contributed by atoms with van der Waals surface area (Å²) in [6.45, 7) is -0.588. The first-order valence-corrected chi connectivity index (χ1v) is 3.89. The molecule has 1 aliphatic rings. The zero-order valence-corrected chi connectivity index (χ0v) is 6.89. The molecule has 4 nitrogen and oxygen atoms in total. The van der Waals surface area contributed by atoms with Crippen molar-refractivity contribution >= 4 is 6.09 Å². The Morgan fingerprint density at radius 1 is 1.46 bits per heavy atom. The fraction of sp³-hybridized carbons (Fsp3) is 0.857. The number of carbonyl (C=O) groups is 1. The second-order valence-corrected chi connectivity index (χ2v) is 3.40. The lowest BCUT2D eigenvalue weighted by Gasteiger charge is -2.26. The van der Waals surface area contributed by atoms with E-state index in [1.165, 1.54) is 0 Å². The Hall–Kier alpha value is -0.910. The molecule has 0 aliphatic heterocycles. The zero-order valence-electron chi connectivity index (χ0n) is 6.89. The summed E-state index contributed by atoms with van der Waals surface area (Å²) in [6.07, 6.45) is -2.41. The van der Waals surface area contributed by atoms with Gasteiger partial charge in [0.15, 0.2) is 0 Å². The molecule has 0 bridgehead atoms. The molecule has 1 rings (SSSR count). The number of alkyl halides is 2. The minimum absolute atomic E-state index is 0.0250. The van der Waals surface area contributed by atoms with Crippen molar-refractivity contribution < 1.29 is 23.8 Å². The van der Waals surface area contributed by atoms with Gasteiger partial charge in [-0.3, -0.25) is 0 Å². The highest BCUT2D eigenvalue weighted by Crippen LogP contribution is 2.41. The van der Waals surface area contributed by atoms with Crippen LogP contribution in [0.25, 0.3) is 0 Å². The van der Waals surface area contributed by atoms with Gasteiger partial charge in [0, 0.05) is 12.8 Å². The van der Waals surface area contributed by atoms with Crippen molar-refractivity contribution in [2.45, 2.75) is 30.7 Å². The van der Waals surface area contributed by atoms with Crippen molar-refractivity contribution in [2.24, 2.45) is 0 Å². The summed E-state index contributed by atoms with van der Waals surface area (Å²) in [6, 6.07) is 0. The number of aliphatic hydroxyl groups excluding tert-OH is 1. The van der Waals surface area contributed by atoms with Crippen LogP contribution in [0.1, 0.15) is 19.3 Å². The van der Waals surface area contributed by atoms with Crippen molar-refractivity contribution in [1.29, 1.82) is 0 Å². The highest BCUT2D eigenvalue weighted by Gasteiger charge is 2.50. The van der Waals surface area contributed by atoms with E-state index in [-0.39, 0.29) is 12.8 Å². The molecule has 76 valence electrons. The van der Waals surface area contributed by atoms with Crippen molar-refractivity contribution in [2.75, 3.05) is 6.61 Å². The average Bonchev–Trinajstić information content (AvgIpc) is 2.26. The molecule has 0 aromatic rings. The van der Waals surface area contributed by atoms with Gasteiger partial charge < -0.3 is 15.5 Å². The Morgan fingerprint density at radius 2 is 2.08 bits per heavy atom. The topological polar surface area (TPSA) is 69.6 Å². The lowest BCUT2D eigenvalue weighted by molar-refractivity contribution is -0.00349. The van der Waals surface area contributed by atoms with E-state index < -0.39 is 30.6 Å². The minimum atomic E-state index is -2.87. The lowest BCUT2D eigenvalue weighted by Crippen LogP contribution is -2.49. The summed E-state index contributed by atoms with van der Waals surface area (Å²) in [5, 5.41) is 19.2. The summed E-state index contributed by atoms with van der Waals surface area (Å²) in [7, 11) is 0. The van der Waals surface area contributed by atoms with Crippen LogP contribution in [0.2, 0.25) is 0 Å². The highest BCUT2D eigenvalue weighted by molar-refractivity contribution is 5.65. The molecule has 1 unspecified atom stereocenters. The standard InChI is InChI=1S/C7H11F2NO3/c8-7(9)2-1-6(3-7,4-11)10-5(12)13/h10-11H,1-4H2,(H,12,13). The fourth-order valence-corrected chi connectivity index (χ4v) is 1.60. The molecule has 3 N–H and O–H groups in total. The van der Waals surface area contributed by atoms with Gasteiger partial charge in [-0.25, -0.2) is 13.6 Å². The third kappa shape index (κ3) is 2.27. The first kappa shape index (κ1) is 10.2. The van der Waals surface area contributed by atoms with Crippen molar-refractivity contribution in [1.82, 2.24) is 5.32 Å². The molecule has 0 heterocycles. The van der Waals surface area contributed by atoms with Crippen LogP contribution in [0.15, 0.2) is 0 Å². The predicted molar refractivity (Wildman–Crippen MR) is 39.8 cm³/mol. The van der Waals surface area contributed by atoms with Crippen LogP contribution in [0, 0.1) is 0 Å². The fourth-order valence-electron chi connectivity index (χ4n) is 1.60. The number of halogens is 2. The summed E-state index contributed by atoms with van der Waals surface area (Å²) in [5.41, 5.74) is -1.35. The van der Waals surface area contributed by atoms with E-state index in [0.717, 1.165) is 0 Å². The maximum Gasteiger partial charge on any atom is 0.405 e. The van der Waals surface area contributed by atoms with Gasteiger partial charge in [0.1, 0.15) is 0 Å². The Bertz CT molecular complexity index is 222. The maximum absolute atomic E-state index is 12.7. The van der Waals surface area contributed by atoms with Crippen LogP contribution >= 0.6 is 0 Å². The van der Waals surface area contributed by atoms with Crippen molar-refractivity contribution in [3.8, 4) is 0 Å². The normalized spacial score (nSPS) is 31.6. The van der Waals surface area contributed by atoms with Crippen LogP contribution in [0.4, 0.5) is 13.6 Å². The van der Waals surface area contributed by atoms with Crippen LogP contribution in [-0.4, -0.2) is 34.4 Å². The molecule has 0 radical (unpaired) electrons. The van der Waals surface area contributed by atoms with E-state index >= 15 is 0 Å². The van der Waals surface area contributed by atoms with Crippen LogP contribution in [0.3, 0.4) is 0 Å². The van der Waals surface area contributed by atoms with Gasteiger partial charge >= 0.3 is 6.09 Å². The molecule has 1 fully saturated rings. The Balaban J connectivity index is 2.68. The van der Waals surface area contributed by atoms with Crippen molar-refractivity contribution in [3.63, 3.8) is 0 Å². The van der Waals surface area contributed by atoms with E-state index in [1.54, 1.807) is 0 Å². The Kier molecular flexibility index (Phi) is 2.42. The molecule has 1 aliphatic carbocycles. The monoisotopic (exact) mass is 195 g/mol. The zero-order chi connectivity index (χ0) is 10.1. The summed E-state index contributed by atoms with van der Waals surface area (Å²) in [4.78, 5) is 10.3. The third-order valence-corrected chi connectivity index (χ3v) is 2.24. The van der Waals surface area contributed by atoms with Crippen LogP contribution < -0.4 is 5.32 Å². The van der Waals surface area contributed by atoms with E-state index in [4.69, 9.17) is 10.2 Å². The Labute approximate surface area is 73.6 Å². The molecule has 1 saturated carbocycles. The third-order valence-electron chi connectivity index (χ3n) is 2.24. The number of carboxylic acid groups (broad SMARTS) is 1. The lowest BCUT2D eigenvalue weighted by atomic mass is 9.99. The molecule has 1 atom stereocenters. The van der Waals surface area contributed by atoms with Gasteiger partial charge in [-0.15, -0.1) is 0 Å². The minimum Gasteiger partial charge on any atom is -0.465 e. The number of nitrogens with one attached hydrogen (secondary N) is 1. The molecular formula is C7H11F2NO3. The van der Waals surface area contributed by atoms with E-state index in [9.17, 15) is 13.6 Å². The number of hydrogen-bond acceptors (Lipinski definition) is 2. The molecule has 13 heavy (non-hydrogen) atoms. The number of aliphatic hydroxyl groups is 1.